The molecule has 35 heavy (non-hydrogen) atoms. The van der Waals surface area contributed by atoms with Crippen LogP contribution in [0.5, 0.6) is 11.5 Å². The first-order chi connectivity index (χ1) is 16.8. The van der Waals surface area contributed by atoms with E-state index in [2.05, 4.69) is 22.4 Å². The molecule has 1 heterocycles. The van der Waals surface area contributed by atoms with Gasteiger partial charge in [0.15, 0.2) is 0 Å². The molecule has 3 rings (SSSR count). The number of halogens is 1. The average molecular weight is 508 g/mol. The molecular formula is C25H22ClN5O3S. The van der Waals surface area contributed by atoms with Crippen molar-refractivity contribution in [3.8, 4) is 34.8 Å². The number of amides is 1. The molecule has 0 unspecified atom stereocenters. The number of rotatable bonds is 8. The summed E-state index contributed by atoms with van der Waals surface area (Å²) in [6.45, 7) is 1.95. The zero-order chi connectivity index (χ0) is 25.5. The summed E-state index contributed by atoms with van der Waals surface area (Å²) in [7, 11) is 2.96. The van der Waals surface area contributed by atoms with Crippen LogP contribution in [0.15, 0.2) is 41.4 Å². The summed E-state index contributed by atoms with van der Waals surface area (Å²) in [6, 6.07) is 14.8. The molecule has 1 amide bonds. The van der Waals surface area contributed by atoms with Crippen LogP contribution in [0.4, 0.5) is 11.5 Å². The fourth-order valence-corrected chi connectivity index (χ4v) is 4.50. The van der Waals surface area contributed by atoms with E-state index < -0.39 is 0 Å². The molecule has 2 aromatic carbocycles. The number of anilines is 2. The summed E-state index contributed by atoms with van der Waals surface area (Å²) in [5, 5.41) is 23.0. The number of nitrogen functional groups attached to an aromatic ring is 1. The summed E-state index contributed by atoms with van der Waals surface area (Å²) >= 11 is 7.38. The molecule has 3 N–H and O–H groups in total. The topological polar surface area (TPSA) is 134 Å². The van der Waals surface area contributed by atoms with Crippen molar-refractivity contribution < 1.29 is 14.3 Å². The number of hydrogen-bond donors (Lipinski definition) is 2. The number of nitrogens with two attached hydrogens (primary N) is 1. The first-order valence-corrected chi connectivity index (χ1v) is 11.7. The van der Waals surface area contributed by atoms with E-state index in [1.165, 1.54) is 26.0 Å². The van der Waals surface area contributed by atoms with Crippen molar-refractivity contribution >= 4 is 40.8 Å². The van der Waals surface area contributed by atoms with Crippen LogP contribution in [0, 0.1) is 29.6 Å². The number of aryl methyl sites for hydroxylation is 1. The minimum Gasteiger partial charge on any atom is -0.495 e. The highest BCUT2D eigenvalue weighted by atomic mass is 35.5. The number of hydrogen-bond acceptors (Lipinski definition) is 8. The maximum absolute atomic E-state index is 12.6. The van der Waals surface area contributed by atoms with Gasteiger partial charge in [0, 0.05) is 23.8 Å². The summed E-state index contributed by atoms with van der Waals surface area (Å²) in [5.74, 6) is 0.902. The highest BCUT2D eigenvalue weighted by molar-refractivity contribution is 7.99. The number of carbonyl (C=O) groups is 1. The average Bonchev–Trinajstić information content (AvgIpc) is 2.84. The first kappa shape index (κ1) is 25.7. The van der Waals surface area contributed by atoms with Gasteiger partial charge in [-0.3, -0.25) is 4.79 Å². The Hall–Kier alpha value is -3.92. The van der Waals surface area contributed by atoms with Gasteiger partial charge in [-0.05, 0) is 18.6 Å². The lowest BCUT2D eigenvalue weighted by atomic mass is 9.96. The Morgan fingerprint density at radius 2 is 1.77 bits per heavy atom. The van der Waals surface area contributed by atoms with Gasteiger partial charge in [-0.2, -0.15) is 10.5 Å². The maximum Gasteiger partial charge on any atom is 0.225 e. The van der Waals surface area contributed by atoms with Crippen LogP contribution in [-0.2, 0) is 4.79 Å². The lowest BCUT2D eigenvalue weighted by molar-refractivity contribution is -0.115. The third-order valence-electron chi connectivity index (χ3n) is 5.07. The molecule has 0 saturated heterocycles. The Bertz CT molecular complexity index is 1350. The van der Waals surface area contributed by atoms with Crippen molar-refractivity contribution in [1.82, 2.24) is 4.98 Å². The largest absolute Gasteiger partial charge is 0.495 e. The lowest BCUT2D eigenvalue weighted by Gasteiger charge is -2.14. The summed E-state index contributed by atoms with van der Waals surface area (Å²) in [6.07, 6.45) is 0.115. The number of ether oxygens (including phenoxy) is 2. The monoisotopic (exact) mass is 507 g/mol. The SMILES string of the molecule is COc1cc(OC)c(NC(=O)CCSc2nc(N)c(C#N)c(-c3ccc(C)cc3)c2C#N)cc1Cl. The van der Waals surface area contributed by atoms with Crippen molar-refractivity contribution in [2.75, 3.05) is 31.0 Å². The number of methoxy groups -OCH3 is 2. The molecule has 3 aromatic rings. The number of benzene rings is 2. The second kappa shape index (κ2) is 11.5. The van der Waals surface area contributed by atoms with Gasteiger partial charge in [0.2, 0.25) is 5.91 Å². The predicted molar refractivity (Wildman–Crippen MR) is 137 cm³/mol. The molecule has 0 spiro atoms. The Kier molecular flexibility index (Phi) is 8.43. The van der Waals surface area contributed by atoms with Crippen molar-refractivity contribution in [2.24, 2.45) is 0 Å². The van der Waals surface area contributed by atoms with Gasteiger partial charge in [0.25, 0.3) is 0 Å². The number of thioether (sulfide) groups is 1. The summed E-state index contributed by atoms with van der Waals surface area (Å²) in [4.78, 5) is 16.8. The van der Waals surface area contributed by atoms with Gasteiger partial charge in [-0.15, -0.1) is 11.8 Å². The van der Waals surface area contributed by atoms with Gasteiger partial charge in [0.05, 0.1) is 30.5 Å². The zero-order valence-corrected chi connectivity index (χ0v) is 20.9. The van der Waals surface area contributed by atoms with E-state index in [1.54, 1.807) is 12.1 Å². The molecule has 0 saturated carbocycles. The molecule has 0 atom stereocenters. The third kappa shape index (κ3) is 5.78. The fourth-order valence-electron chi connectivity index (χ4n) is 3.32. The van der Waals surface area contributed by atoms with Gasteiger partial charge in [0.1, 0.15) is 40.0 Å². The van der Waals surface area contributed by atoms with E-state index in [9.17, 15) is 15.3 Å². The van der Waals surface area contributed by atoms with Gasteiger partial charge < -0.3 is 20.5 Å². The van der Waals surface area contributed by atoms with Crippen LogP contribution in [0.3, 0.4) is 0 Å². The molecule has 0 aliphatic rings. The highest BCUT2D eigenvalue weighted by Crippen LogP contribution is 2.37. The van der Waals surface area contributed by atoms with Crippen molar-refractivity contribution in [2.45, 2.75) is 18.4 Å². The molecule has 0 aliphatic heterocycles. The normalized spacial score (nSPS) is 10.2. The molecule has 178 valence electrons. The predicted octanol–water partition coefficient (Wildman–Crippen LogP) is 5.17. The summed E-state index contributed by atoms with van der Waals surface area (Å²) in [5.41, 5.74) is 9.04. The number of nitriles is 2. The minimum atomic E-state index is -0.282. The number of aromatic nitrogens is 1. The molecule has 0 fully saturated rings. The van der Waals surface area contributed by atoms with Gasteiger partial charge in [-0.1, -0.05) is 41.4 Å². The van der Waals surface area contributed by atoms with Crippen LogP contribution in [-0.4, -0.2) is 30.9 Å². The fraction of sp³-hybridized carbons (Fsp3) is 0.200. The van der Waals surface area contributed by atoms with E-state index in [0.29, 0.717) is 44.1 Å². The van der Waals surface area contributed by atoms with E-state index in [1.807, 2.05) is 31.2 Å². The second-order valence-electron chi connectivity index (χ2n) is 7.35. The van der Waals surface area contributed by atoms with Crippen molar-refractivity contribution in [3.05, 3.63) is 58.1 Å². The molecule has 10 heteroatoms. The quantitative estimate of drug-likeness (QED) is 0.398. The van der Waals surface area contributed by atoms with Crippen LogP contribution < -0.4 is 20.5 Å². The number of nitrogens with one attached hydrogen (secondary N) is 1. The van der Waals surface area contributed by atoms with Crippen LogP contribution >= 0.6 is 23.4 Å². The molecule has 1 aromatic heterocycles. The number of pyridine rings is 1. The van der Waals surface area contributed by atoms with Crippen molar-refractivity contribution in [3.63, 3.8) is 0 Å². The first-order valence-electron chi connectivity index (χ1n) is 10.4. The van der Waals surface area contributed by atoms with Gasteiger partial charge >= 0.3 is 0 Å². The standard InChI is InChI=1S/C25H22ClN5O3S/c1-14-4-6-15(7-5-14)23-16(12-27)24(29)31-25(17(23)13-28)35-9-8-22(32)30-19-10-18(26)20(33-2)11-21(19)34-3/h4-7,10-11H,8-9H2,1-3H3,(H2,29,31)(H,30,32). The third-order valence-corrected chi connectivity index (χ3v) is 6.34. The highest BCUT2D eigenvalue weighted by Gasteiger charge is 2.21. The van der Waals surface area contributed by atoms with Crippen molar-refractivity contribution in [1.29, 1.82) is 10.5 Å². The maximum atomic E-state index is 12.6. The van der Waals surface area contributed by atoms with E-state index >= 15 is 0 Å². The van der Waals surface area contributed by atoms with Crippen LogP contribution in [0.1, 0.15) is 23.1 Å². The molecule has 0 aliphatic carbocycles. The number of carbonyl (C=O) groups excluding carboxylic acids is 1. The molecule has 0 bridgehead atoms. The van der Waals surface area contributed by atoms with Crippen LogP contribution in [0.25, 0.3) is 11.1 Å². The van der Waals surface area contributed by atoms with E-state index in [-0.39, 0.29) is 29.3 Å². The zero-order valence-electron chi connectivity index (χ0n) is 19.3. The summed E-state index contributed by atoms with van der Waals surface area (Å²) < 4.78 is 10.5. The van der Waals surface area contributed by atoms with E-state index in [0.717, 1.165) is 5.56 Å². The Balaban J connectivity index is 1.80. The second-order valence-corrected chi connectivity index (χ2v) is 8.84. The number of nitrogens with zero attached hydrogens (tertiary/aromatic N) is 3. The smallest absolute Gasteiger partial charge is 0.225 e. The Labute approximate surface area is 212 Å². The minimum absolute atomic E-state index is 0.0339. The Morgan fingerprint density at radius 1 is 1.11 bits per heavy atom. The molecule has 0 radical (unpaired) electrons. The van der Waals surface area contributed by atoms with Gasteiger partial charge in [-0.25, -0.2) is 4.98 Å². The van der Waals surface area contributed by atoms with Crippen LogP contribution in [0.2, 0.25) is 5.02 Å². The lowest BCUT2D eigenvalue weighted by Crippen LogP contribution is -2.13. The molecular weight excluding hydrogens is 486 g/mol. The van der Waals surface area contributed by atoms with E-state index in [4.69, 9.17) is 26.8 Å². The Morgan fingerprint density at radius 3 is 2.37 bits per heavy atom. The molecule has 8 nitrogen and oxygen atoms in total.